The summed E-state index contributed by atoms with van der Waals surface area (Å²) in [5.41, 5.74) is 3.46. The predicted octanol–water partition coefficient (Wildman–Crippen LogP) is 3.74. The smallest absolute Gasteiger partial charge is 0.270 e. The molecule has 0 atom stereocenters. The van der Waals surface area contributed by atoms with E-state index in [1.165, 1.54) is 5.56 Å². The molecule has 1 aromatic carbocycles. The molecule has 3 aromatic rings. The van der Waals surface area contributed by atoms with Crippen LogP contribution in [0.15, 0.2) is 67.1 Å². The first-order valence-corrected chi connectivity index (χ1v) is 9.09. The zero-order chi connectivity index (χ0) is 19.1. The van der Waals surface area contributed by atoms with Crippen molar-refractivity contribution in [3.05, 3.63) is 89.0 Å². The summed E-state index contributed by atoms with van der Waals surface area (Å²) in [5.74, 6) is -0.221. The standard InChI is InChI=1S/C21H21ClN4O/c1-26(13-10-16-8-11-23-12-9-16)18-6-7-20(24-15-18)21(27)25-14-17-4-2-3-5-19(17)22/h2-9,11-12,15H,10,13-14H2,1H3,(H,25,27). The van der Waals surface area contributed by atoms with E-state index in [2.05, 4.69) is 20.2 Å². The number of likely N-dealkylation sites (N-methyl/N-ethyl adjacent to an activating group) is 1. The number of aromatic nitrogens is 2. The van der Waals surface area contributed by atoms with E-state index in [0.717, 1.165) is 24.2 Å². The molecule has 2 aromatic heterocycles. The molecule has 0 aliphatic carbocycles. The number of carbonyl (C=O) groups excluding carboxylic acids is 1. The van der Waals surface area contributed by atoms with Gasteiger partial charge in [0.1, 0.15) is 5.69 Å². The van der Waals surface area contributed by atoms with E-state index in [0.29, 0.717) is 17.3 Å². The quantitative estimate of drug-likeness (QED) is 0.678. The Morgan fingerprint density at radius 2 is 1.89 bits per heavy atom. The summed E-state index contributed by atoms with van der Waals surface area (Å²) in [5, 5.41) is 3.48. The van der Waals surface area contributed by atoms with Gasteiger partial charge in [-0.3, -0.25) is 9.78 Å². The second-order valence-corrected chi connectivity index (χ2v) is 6.61. The van der Waals surface area contributed by atoms with Gasteiger partial charge in [0.15, 0.2) is 0 Å². The van der Waals surface area contributed by atoms with Gasteiger partial charge in [-0.05, 0) is 47.9 Å². The zero-order valence-electron chi connectivity index (χ0n) is 15.1. The summed E-state index contributed by atoms with van der Waals surface area (Å²) in [7, 11) is 2.01. The van der Waals surface area contributed by atoms with Crippen molar-refractivity contribution in [2.75, 3.05) is 18.5 Å². The Hall–Kier alpha value is -2.92. The third-order valence-corrected chi connectivity index (χ3v) is 4.67. The molecule has 0 saturated carbocycles. The Balaban J connectivity index is 1.54. The lowest BCUT2D eigenvalue weighted by atomic mass is 10.2. The van der Waals surface area contributed by atoms with Crippen LogP contribution in [0.1, 0.15) is 21.6 Å². The molecule has 0 spiro atoms. The lowest BCUT2D eigenvalue weighted by molar-refractivity contribution is 0.0946. The van der Waals surface area contributed by atoms with Crippen molar-refractivity contribution >= 4 is 23.2 Å². The van der Waals surface area contributed by atoms with Gasteiger partial charge in [0.25, 0.3) is 5.91 Å². The van der Waals surface area contributed by atoms with Crippen LogP contribution in [0.2, 0.25) is 5.02 Å². The highest BCUT2D eigenvalue weighted by Gasteiger charge is 2.09. The molecule has 3 rings (SSSR count). The minimum absolute atomic E-state index is 0.221. The van der Waals surface area contributed by atoms with Gasteiger partial charge < -0.3 is 10.2 Å². The minimum atomic E-state index is -0.221. The lowest BCUT2D eigenvalue weighted by Gasteiger charge is -2.19. The molecule has 1 N–H and O–H groups in total. The molecule has 0 radical (unpaired) electrons. The van der Waals surface area contributed by atoms with Crippen molar-refractivity contribution in [3.8, 4) is 0 Å². The molecule has 2 heterocycles. The van der Waals surface area contributed by atoms with Crippen LogP contribution in [0.25, 0.3) is 0 Å². The molecule has 5 nitrogen and oxygen atoms in total. The minimum Gasteiger partial charge on any atom is -0.373 e. The predicted molar refractivity (Wildman–Crippen MR) is 108 cm³/mol. The van der Waals surface area contributed by atoms with E-state index in [-0.39, 0.29) is 5.91 Å². The van der Waals surface area contributed by atoms with E-state index in [9.17, 15) is 4.79 Å². The average Bonchev–Trinajstić information content (AvgIpc) is 2.72. The second-order valence-electron chi connectivity index (χ2n) is 6.20. The van der Waals surface area contributed by atoms with Crippen LogP contribution in [0.3, 0.4) is 0 Å². The van der Waals surface area contributed by atoms with Crippen molar-refractivity contribution in [3.63, 3.8) is 0 Å². The first-order chi connectivity index (χ1) is 13.1. The van der Waals surface area contributed by atoms with Crippen molar-refractivity contribution < 1.29 is 4.79 Å². The molecule has 0 aliphatic heterocycles. The van der Waals surface area contributed by atoms with E-state index >= 15 is 0 Å². The highest BCUT2D eigenvalue weighted by molar-refractivity contribution is 6.31. The number of pyridine rings is 2. The maximum absolute atomic E-state index is 12.3. The first kappa shape index (κ1) is 18.9. The van der Waals surface area contributed by atoms with Gasteiger partial charge in [0.05, 0.1) is 11.9 Å². The highest BCUT2D eigenvalue weighted by atomic mass is 35.5. The average molecular weight is 381 g/mol. The summed E-state index contributed by atoms with van der Waals surface area (Å²) in [6, 6.07) is 15.1. The summed E-state index contributed by atoms with van der Waals surface area (Å²) < 4.78 is 0. The van der Waals surface area contributed by atoms with E-state index in [1.807, 2.05) is 43.4 Å². The molecule has 0 aliphatic rings. The zero-order valence-corrected chi connectivity index (χ0v) is 15.9. The molecule has 27 heavy (non-hydrogen) atoms. The lowest BCUT2D eigenvalue weighted by Crippen LogP contribution is -2.24. The summed E-state index contributed by atoms with van der Waals surface area (Å²) in [4.78, 5) is 22.7. The molecular weight excluding hydrogens is 360 g/mol. The molecule has 1 amide bonds. The van der Waals surface area contributed by atoms with Crippen molar-refractivity contribution in [1.29, 1.82) is 0 Å². The molecule has 0 saturated heterocycles. The van der Waals surface area contributed by atoms with Crippen LogP contribution in [0.5, 0.6) is 0 Å². The summed E-state index contributed by atoms with van der Waals surface area (Å²) in [6.45, 7) is 1.22. The number of hydrogen-bond acceptors (Lipinski definition) is 4. The Kier molecular flexibility index (Phi) is 6.39. The van der Waals surface area contributed by atoms with E-state index < -0.39 is 0 Å². The Bertz CT molecular complexity index is 884. The van der Waals surface area contributed by atoms with Crippen LogP contribution < -0.4 is 10.2 Å². The largest absolute Gasteiger partial charge is 0.373 e. The number of amides is 1. The van der Waals surface area contributed by atoms with Crippen LogP contribution in [0, 0.1) is 0 Å². The highest BCUT2D eigenvalue weighted by Crippen LogP contribution is 2.15. The molecule has 138 valence electrons. The van der Waals surface area contributed by atoms with Crippen LogP contribution in [0.4, 0.5) is 5.69 Å². The monoisotopic (exact) mass is 380 g/mol. The van der Waals surface area contributed by atoms with Gasteiger partial charge in [0.2, 0.25) is 0 Å². The van der Waals surface area contributed by atoms with Crippen molar-refractivity contribution in [2.45, 2.75) is 13.0 Å². The number of carbonyl (C=O) groups is 1. The molecule has 0 fully saturated rings. The topological polar surface area (TPSA) is 58.1 Å². The van der Waals surface area contributed by atoms with E-state index in [4.69, 9.17) is 11.6 Å². The van der Waals surface area contributed by atoms with Crippen LogP contribution >= 0.6 is 11.6 Å². The number of halogens is 1. The molecule has 0 bridgehead atoms. The summed E-state index contributed by atoms with van der Waals surface area (Å²) in [6.07, 6.45) is 6.23. The normalized spacial score (nSPS) is 10.4. The van der Waals surface area contributed by atoms with Crippen molar-refractivity contribution in [2.24, 2.45) is 0 Å². The van der Waals surface area contributed by atoms with Gasteiger partial charge in [-0.25, -0.2) is 4.98 Å². The third-order valence-electron chi connectivity index (χ3n) is 4.30. The van der Waals surface area contributed by atoms with Gasteiger partial charge in [-0.1, -0.05) is 29.8 Å². The SMILES string of the molecule is CN(CCc1ccncc1)c1ccc(C(=O)NCc2ccccc2Cl)nc1. The maximum Gasteiger partial charge on any atom is 0.270 e. The van der Waals surface area contributed by atoms with Crippen molar-refractivity contribution in [1.82, 2.24) is 15.3 Å². The number of rotatable bonds is 7. The fourth-order valence-corrected chi connectivity index (χ4v) is 2.83. The number of nitrogens with zero attached hydrogens (tertiary/aromatic N) is 3. The van der Waals surface area contributed by atoms with Gasteiger partial charge in [-0.2, -0.15) is 0 Å². The van der Waals surface area contributed by atoms with Gasteiger partial charge >= 0.3 is 0 Å². The Morgan fingerprint density at radius 1 is 1.11 bits per heavy atom. The maximum atomic E-state index is 12.3. The van der Waals surface area contributed by atoms with Crippen LogP contribution in [-0.4, -0.2) is 29.5 Å². The number of benzene rings is 1. The van der Waals surface area contributed by atoms with Gasteiger partial charge in [0, 0.05) is 37.6 Å². The van der Waals surface area contributed by atoms with Crippen LogP contribution in [-0.2, 0) is 13.0 Å². The Labute approximate surface area is 164 Å². The fourth-order valence-electron chi connectivity index (χ4n) is 2.63. The molecule has 6 heteroatoms. The van der Waals surface area contributed by atoms with Gasteiger partial charge in [-0.15, -0.1) is 0 Å². The molecular formula is C21H21ClN4O. The van der Waals surface area contributed by atoms with E-state index in [1.54, 1.807) is 30.7 Å². The number of anilines is 1. The number of hydrogen-bond donors (Lipinski definition) is 1. The first-order valence-electron chi connectivity index (χ1n) is 8.71. The second kappa shape index (κ2) is 9.14. The summed E-state index contributed by atoms with van der Waals surface area (Å²) >= 11 is 6.11. The third kappa shape index (κ3) is 5.28. The Morgan fingerprint density at radius 3 is 2.59 bits per heavy atom. The fraction of sp³-hybridized carbons (Fsp3) is 0.190. The molecule has 0 unspecified atom stereocenters. The number of nitrogens with one attached hydrogen (secondary N) is 1.